The van der Waals surface area contributed by atoms with Crippen molar-refractivity contribution in [1.82, 2.24) is 10.6 Å². The van der Waals surface area contributed by atoms with Crippen molar-refractivity contribution in [3.63, 3.8) is 0 Å². The lowest BCUT2D eigenvalue weighted by atomic mass is 10.1. The molecule has 0 fully saturated rings. The average Bonchev–Trinajstić information content (AvgIpc) is 3.23. The van der Waals surface area contributed by atoms with Gasteiger partial charge in [-0.3, -0.25) is 4.79 Å². The molecule has 27 heavy (non-hydrogen) atoms. The van der Waals surface area contributed by atoms with Crippen molar-refractivity contribution in [3.8, 4) is 0 Å². The Balaban J connectivity index is 1.47. The van der Waals surface area contributed by atoms with Gasteiger partial charge in [-0.2, -0.15) is 0 Å². The van der Waals surface area contributed by atoms with Gasteiger partial charge in [0.1, 0.15) is 0 Å². The second-order valence-electron chi connectivity index (χ2n) is 6.09. The van der Waals surface area contributed by atoms with Crippen molar-refractivity contribution in [1.29, 1.82) is 0 Å². The molecule has 0 aliphatic rings. The maximum absolute atomic E-state index is 12.1. The van der Waals surface area contributed by atoms with E-state index in [2.05, 4.69) is 16.0 Å². The standard InChI is InChI=1S/C21H21N3O3/c1-15(17-6-3-2-4-7-17)23-21(26)22-14-16-9-11-18(12-10-16)24-20(25)19-8-5-13-27-19/h2-13,15H,14H2,1H3,(H,24,25)(H2,22,23,26). The lowest BCUT2D eigenvalue weighted by Gasteiger charge is -2.15. The highest BCUT2D eigenvalue weighted by molar-refractivity contribution is 6.02. The number of urea groups is 1. The highest BCUT2D eigenvalue weighted by Gasteiger charge is 2.10. The summed E-state index contributed by atoms with van der Waals surface area (Å²) >= 11 is 0. The maximum Gasteiger partial charge on any atom is 0.315 e. The number of benzene rings is 2. The number of nitrogens with one attached hydrogen (secondary N) is 3. The fourth-order valence-corrected chi connectivity index (χ4v) is 2.56. The SMILES string of the molecule is CC(NC(=O)NCc1ccc(NC(=O)c2ccco2)cc1)c1ccccc1. The third kappa shape index (κ3) is 5.22. The van der Waals surface area contributed by atoms with E-state index < -0.39 is 0 Å². The summed E-state index contributed by atoms with van der Waals surface area (Å²) in [6.07, 6.45) is 1.45. The molecule has 3 N–H and O–H groups in total. The number of anilines is 1. The first-order valence-electron chi connectivity index (χ1n) is 8.65. The topological polar surface area (TPSA) is 83.4 Å². The van der Waals surface area contributed by atoms with E-state index in [4.69, 9.17) is 4.42 Å². The van der Waals surface area contributed by atoms with Gasteiger partial charge in [0.2, 0.25) is 0 Å². The zero-order valence-corrected chi connectivity index (χ0v) is 14.9. The number of carbonyl (C=O) groups is 2. The minimum atomic E-state index is -0.305. The van der Waals surface area contributed by atoms with Gasteiger partial charge in [-0.15, -0.1) is 0 Å². The van der Waals surface area contributed by atoms with Crippen LogP contribution in [0.1, 0.15) is 34.6 Å². The first-order valence-corrected chi connectivity index (χ1v) is 8.65. The van der Waals surface area contributed by atoms with Crippen molar-refractivity contribution in [2.45, 2.75) is 19.5 Å². The molecule has 0 aliphatic carbocycles. The van der Waals surface area contributed by atoms with Crippen LogP contribution in [0.15, 0.2) is 77.4 Å². The maximum atomic E-state index is 12.1. The fraction of sp³-hybridized carbons (Fsp3) is 0.143. The fourth-order valence-electron chi connectivity index (χ4n) is 2.56. The van der Waals surface area contributed by atoms with Crippen molar-refractivity contribution in [2.75, 3.05) is 5.32 Å². The van der Waals surface area contributed by atoms with Gasteiger partial charge in [0, 0.05) is 12.2 Å². The van der Waals surface area contributed by atoms with Crippen LogP contribution < -0.4 is 16.0 Å². The van der Waals surface area contributed by atoms with E-state index in [0.717, 1.165) is 11.1 Å². The molecular formula is C21H21N3O3. The van der Waals surface area contributed by atoms with E-state index in [1.165, 1.54) is 6.26 Å². The predicted octanol–water partition coefficient (Wildman–Crippen LogP) is 4.09. The van der Waals surface area contributed by atoms with E-state index in [1.54, 1.807) is 24.3 Å². The average molecular weight is 363 g/mol. The highest BCUT2D eigenvalue weighted by Crippen LogP contribution is 2.13. The number of furan rings is 1. The Hall–Kier alpha value is -3.54. The summed E-state index contributed by atoms with van der Waals surface area (Å²) in [5.74, 6) is -0.0508. The van der Waals surface area contributed by atoms with Gasteiger partial charge in [0.15, 0.2) is 5.76 Å². The van der Waals surface area contributed by atoms with Crippen LogP contribution >= 0.6 is 0 Å². The Kier molecular flexibility index (Phi) is 5.89. The van der Waals surface area contributed by atoms with Crippen LogP contribution in [0.25, 0.3) is 0 Å². The van der Waals surface area contributed by atoms with Gasteiger partial charge in [0.05, 0.1) is 12.3 Å². The summed E-state index contributed by atoms with van der Waals surface area (Å²) in [6.45, 7) is 2.32. The van der Waals surface area contributed by atoms with E-state index in [1.807, 2.05) is 49.4 Å². The number of hydrogen-bond donors (Lipinski definition) is 3. The zero-order chi connectivity index (χ0) is 19.1. The highest BCUT2D eigenvalue weighted by atomic mass is 16.3. The number of hydrogen-bond acceptors (Lipinski definition) is 3. The van der Waals surface area contributed by atoms with Crippen molar-refractivity contribution in [2.24, 2.45) is 0 Å². The summed E-state index contributed by atoms with van der Waals surface area (Å²) in [6, 6.07) is 20.0. The molecule has 3 rings (SSSR count). The van der Waals surface area contributed by atoms with Gasteiger partial charge in [-0.05, 0) is 42.3 Å². The smallest absolute Gasteiger partial charge is 0.315 e. The van der Waals surface area contributed by atoms with E-state index in [0.29, 0.717) is 12.2 Å². The Morgan fingerprint density at radius 1 is 0.963 bits per heavy atom. The Bertz CT molecular complexity index is 875. The third-order valence-electron chi connectivity index (χ3n) is 4.06. The van der Waals surface area contributed by atoms with Crippen LogP contribution in [0.3, 0.4) is 0 Å². The second kappa shape index (κ2) is 8.71. The summed E-state index contributed by atoms with van der Waals surface area (Å²) in [5, 5.41) is 8.48. The normalized spacial score (nSPS) is 11.4. The predicted molar refractivity (Wildman–Crippen MR) is 103 cm³/mol. The van der Waals surface area contributed by atoms with Crippen molar-refractivity contribution >= 4 is 17.6 Å². The van der Waals surface area contributed by atoms with Crippen LogP contribution in [0, 0.1) is 0 Å². The molecule has 6 heteroatoms. The molecule has 6 nitrogen and oxygen atoms in total. The van der Waals surface area contributed by atoms with Crippen LogP contribution in [0.4, 0.5) is 10.5 Å². The summed E-state index contributed by atoms with van der Waals surface area (Å²) in [5.41, 5.74) is 2.63. The van der Waals surface area contributed by atoms with Crippen LogP contribution in [-0.2, 0) is 6.54 Å². The first kappa shape index (κ1) is 18.3. The monoisotopic (exact) mass is 363 g/mol. The van der Waals surface area contributed by atoms with Gasteiger partial charge < -0.3 is 20.4 Å². The molecule has 0 saturated heterocycles. The lowest BCUT2D eigenvalue weighted by molar-refractivity contribution is 0.0996. The Labute approximate surface area is 157 Å². The van der Waals surface area contributed by atoms with Gasteiger partial charge in [-0.25, -0.2) is 4.79 Å². The minimum absolute atomic E-state index is 0.0783. The molecular weight excluding hydrogens is 342 g/mol. The summed E-state index contributed by atoms with van der Waals surface area (Å²) in [4.78, 5) is 24.0. The largest absolute Gasteiger partial charge is 0.459 e. The first-order chi connectivity index (χ1) is 13.1. The minimum Gasteiger partial charge on any atom is -0.459 e. The van der Waals surface area contributed by atoms with Crippen molar-refractivity contribution in [3.05, 3.63) is 89.9 Å². The van der Waals surface area contributed by atoms with Gasteiger partial charge in [-0.1, -0.05) is 42.5 Å². The third-order valence-corrected chi connectivity index (χ3v) is 4.06. The molecule has 1 heterocycles. The molecule has 0 aliphatic heterocycles. The number of carbonyl (C=O) groups excluding carboxylic acids is 2. The lowest BCUT2D eigenvalue weighted by Crippen LogP contribution is -2.36. The second-order valence-corrected chi connectivity index (χ2v) is 6.09. The quantitative estimate of drug-likeness (QED) is 0.617. The van der Waals surface area contributed by atoms with Crippen LogP contribution in [-0.4, -0.2) is 11.9 Å². The van der Waals surface area contributed by atoms with Crippen LogP contribution in [0.5, 0.6) is 0 Å². The number of rotatable bonds is 6. The van der Waals surface area contributed by atoms with Gasteiger partial charge in [0.25, 0.3) is 5.91 Å². The molecule has 0 bridgehead atoms. The summed E-state index contributed by atoms with van der Waals surface area (Å²) in [7, 11) is 0. The number of amides is 3. The molecule has 1 aromatic heterocycles. The van der Waals surface area contributed by atoms with Crippen LogP contribution in [0.2, 0.25) is 0 Å². The van der Waals surface area contributed by atoms with E-state index >= 15 is 0 Å². The molecule has 1 unspecified atom stereocenters. The van der Waals surface area contributed by atoms with E-state index in [9.17, 15) is 9.59 Å². The Morgan fingerprint density at radius 2 is 1.70 bits per heavy atom. The molecule has 3 aromatic rings. The summed E-state index contributed by atoms with van der Waals surface area (Å²) < 4.78 is 5.05. The molecule has 0 radical (unpaired) electrons. The molecule has 2 aromatic carbocycles. The molecule has 3 amide bonds. The molecule has 1 atom stereocenters. The molecule has 138 valence electrons. The van der Waals surface area contributed by atoms with Crippen molar-refractivity contribution < 1.29 is 14.0 Å². The van der Waals surface area contributed by atoms with E-state index in [-0.39, 0.29) is 23.7 Å². The Morgan fingerprint density at radius 3 is 2.37 bits per heavy atom. The zero-order valence-electron chi connectivity index (χ0n) is 14.9. The molecule has 0 saturated carbocycles. The van der Waals surface area contributed by atoms with Gasteiger partial charge >= 0.3 is 6.03 Å². The molecule has 0 spiro atoms.